The van der Waals surface area contributed by atoms with Crippen molar-refractivity contribution < 1.29 is 13.2 Å². The molecular formula is C12H12BrClN2O3S. The molecule has 0 fully saturated rings. The zero-order valence-electron chi connectivity index (χ0n) is 10.6. The van der Waals surface area contributed by atoms with Gasteiger partial charge < -0.3 is 4.74 Å². The average Bonchev–Trinajstić information content (AvgIpc) is 2.76. The Bertz CT molecular complexity index is 715. The van der Waals surface area contributed by atoms with Crippen molar-refractivity contribution in [2.75, 3.05) is 6.61 Å². The molecule has 0 saturated heterocycles. The largest absolute Gasteiger partial charge is 0.492 e. The van der Waals surface area contributed by atoms with Crippen LogP contribution in [0.5, 0.6) is 5.75 Å². The van der Waals surface area contributed by atoms with E-state index in [0.717, 1.165) is 5.69 Å². The van der Waals surface area contributed by atoms with Gasteiger partial charge in [0.1, 0.15) is 10.6 Å². The summed E-state index contributed by atoms with van der Waals surface area (Å²) in [5.41, 5.74) is 0.998. The van der Waals surface area contributed by atoms with Crippen LogP contribution in [0.3, 0.4) is 0 Å². The smallest absolute Gasteiger partial charge is 0.265 e. The first-order valence-electron chi connectivity index (χ1n) is 5.72. The van der Waals surface area contributed by atoms with Crippen molar-refractivity contribution in [2.24, 2.45) is 7.05 Å². The summed E-state index contributed by atoms with van der Waals surface area (Å²) in [5.74, 6) is 0.241. The van der Waals surface area contributed by atoms with Crippen LogP contribution in [-0.2, 0) is 22.5 Å². The molecule has 0 spiro atoms. The predicted molar refractivity (Wildman–Crippen MR) is 79.6 cm³/mol. The summed E-state index contributed by atoms with van der Waals surface area (Å²) in [6, 6.07) is 6.57. The van der Waals surface area contributed by atoms with E-state index in [9.17, 15) is 8.42 Å². The van der Waals surface area contributed by atoms with E-state index in [2.05, 4.69) is 21.0 Å². The van der Waals surface area contributed by atoms with Crippen molar-refractivity contribution in [2.45, 2.75) is 11.3 Å². The lowest BCUT2D eigenvalue weighted by Gasteiger charge is -2.10. The summed E-state index contributed by atoms with van der Waals surface area (Å²) in [7, 11) is 3.38. The van der Waals surface area contributed by atoms with Gasteiger partial charge in [-0.05, 0) is 24.3 Å². The van der Waals surface area contributed by atoms with Crippen LogP contribution in [0.25, 0.3) is 0 Å². The van der Waals surface area contributed by atoms with Gasteiger partial charge in [-0.2, -0.15) is 5.10 Å². The molecule has 0 radical (unpaired) electrons. The summed E-state index contributed by atoms with van der Waals surface area (Å²) in [5, 5.41) is 4.05. The Kier molecular flexibility index (Phi) is 4.72. The number of nitrogens with zero attached hydrogens (tertiary/aromatic N) is 2. The second kappa shape index (κ2) is 6.15. The van der Waals surface area contributed by atoms with E-state index in [1.54, 1.807) is 23.0 Å². The van der Waals surface area contributed by atoms with Crippen LogP contribution < -0.4 is 4.74 Å². The van der Waals surface area contributed by atoms with Gasteiger partial charge in [0, 0.05) is 40.5 Å². The Balaban J connectivity index is 2.12. The molecule has 0 aliphatic rings. The molecule has 20 heavy (non-hydrogen) atoms. The lowest BCUT2D eigenvalue weighted by Crippen LogP contribution is -2.07. The van der Waals surface area contributed by atoms with Crippen molar-refractivity contribution in [3.05, 3.63) is 40.6 Å². The quantitative estimate of drug-likeness (QED) is 0.750. The van der Waals surface area contributed by atoms with Gasteiger partial charge in [0.25, 0.3) is 9.05 Å². The van der Waals surface area contributed by atoms with Gasteiger partial charge >= 0.3 is 0 Å². The van der Waals surface area contributed by atoms with Crippen LogP contribution >= 0.6 is 26.6 Å². The number of aryl methyl sites for hydroxylation is 1. The Morgan fingerprint density at radius 1 is 1.40 bits per heavy atom. The molecule has 1 aromatic heterocycles. The molecule has 0 aliphatic carbocycles. The minimum Gasteiger partial charge on any atom is -0.492 e. The van der Waals surface area contributed by atoms with Crippen LogP contribution in [0.1, 0.15) is 5.69 Å². The molecule has 0 amide bonds. The number of benzene rings is 1. The third kappa shape index (κ3) is 3.74. The van der Waals surface area contributed by atoms with Crippen LogP contribution in [-0.4, -0.2) is 24.8 Å². The Hall–Kier alpha value is -1.05. The molecule has 1 aromatic carbocycles. The molecule has 0 aliphatic heterocycles. The Labute approximate surface area is 130 Å². The van der Waals surface area contributed by atoms with E-state index in [1.807, 2.05) is 13.1 Å². The van der Waals surface area contributed by atoms with Crippen molar-refractivity contribution in [3.63, 3.8) is 0 Å². The highest BCUT2D eigenvalue weighted by atomic mass is 79.9. The van der Waals surface area contributed by atoms with E-state index in [4.69, 9.17) is 15.4 Å². The second-order valence-corrected chi connectivity index (χ2v) is 7.52. The maximum atomic E-state index is 11.5. The van der Waals surface area contributed by atoms with E-state index < -0.39 is 9.05 Å². The molecule has 8 heteroatoms. The molecule has 5 nitrogen and oxygen atoms in total. The number of hydrogen-bond acceptors (Lipinski definition) is 4. The number of ether oxygens (including phenoxy) is 1. The van der Waals surface area contributed by atoms with Crippen LogP contribution in [0, 0.1) is 0 Å². The molecule has 0 saturated carbocycles. The van der Waals surface area contributed by atoms with E-state index in [0.29, 0.717) is 17.5 Å². The average molecular weight is 380 g/mol. The van der Waals surface area contributed by atoms with E-state index in [-0.39, 0.29) is 10.6 Å². The molecule has 0 N–H and O–H groups in total. The highest BCUT2D eigenvalue weighted by molar-refractivity contribution is 9.10. The summed E-state index contributed by atoms with van der Waals surface area (Å²) >= 11 is 3.21. The first-order valence-corrected chi connectivity index (χ1v) is 8.82. The SMILES string of the molecule is Cn1nccc1CCOc1ccc(Br)cc1S(=O)(=O)Cl. The number of hydrogen-bond donors (Lipinski definition) is 0. The van der Waals surface area contributed by atoms with Crippen LogP contribution in [0.4, 0.5) is 0 Å². The maximum absolute atomic E-state index is 11.5. The molecular weight excluding hydrogens is 368 g/mol. The summed E-state index contributed by atoms with van der Waals surface area (Å²) in [4.78, 5) is -0.0430. The van der Waals surface area contributed by atoms with Gasteiger partial charge in [0.2, 0.25) is 0 Å². The Morgan fingerprint density at radius 3 is 2.75 bits per heavy atom. The summed E-state index contributed by atoms with van der Waals surface area (Å²) < 4.78 is 30.9. The maximum Gasteiger partial charge on any atom is 0.265 e. The standard InChI is InChI=1S/C12H12BrClN2O3S/c1-16-10(4-6-15-16)5-7-19-11-3-2-9(13)8-12(11)20(14,17)18/h2-4,6,8H,5,7H2,1H3. The Morgan fingerprint density at radius 2 is 2.15 bits per heavy atom. The van der Waals surface area contributed by atoms with Gasteiger partial charge in [-0.1, -0.05) is 15.9 Å². The fourth-order valence-electron chi connectivity index (χ4n) is 1.70. The lowest BCUT2D eigenvalue weighted by atomic mass is 10.3. The van der Waals surface area contributed by atoms with Gasteiger partial charge in [-0.15, -0.1) is 0 Å². The van der Waals surface area contributed by atoms with E-state index >= 15 is 0 Å². The zero-order chi connectivity index (χ0) is 14.8. The zero-order valence-corrected chi connectivity index (χ0v) is 13.7. The highest BCUT2D eigenvalue weighted by Gasteiger charge is 2.17. The molecule has 0 unspecified atom stereocenters. The topological polar surface area (TPSA) is 61.2 Å². The third-order valence-corrected chi connectivity index (χ3v) is 4.54. The van der Waals surface area contributed by atoms with Crippen LogP contribution in [0.15, 0.2) is 39.8 Å². The van der Waals surface area contributed by atoms with Gasteiger partial charge in [0.15, 0.2) is 0 Å². The van der Waals surface area contributed by atoms with Gasteiger partial charge in [0.05, 0.1) is 6.61 Å². The molecule has 1 heterocycles. The number of aromatic nitrogens is 2. The fourth-order valence-corrected chi connectivity index (χ4v) is 3.21. The summed E-state index contributed by atoms with van der Waals surface area (Å²) in [6.45, 7) is 0.334. The first kappa shape index (κ1) is 15.3. The normalized spacial score (nSPS) is 11.6. The van der Waals surface area contributed by atoms with Crippen LogP contribution in [0.2, 0.25) is 0 Å². The molecule has 2 rings (SSSR count). The van der Waals surface area contributed by atoms with E-state index in [1.165, 1.54) is 6.07 Å². The molecule has 0 bridgehead atoms. The second-order valence-electron chi connectivity index (χ2n) is 4.07. The van der Waals surface area contributed by atoms with Crippen molar-refractivity contribution >= 4 is 35.7 Å². The minimum atomic E-state index is -3.85. The number of halogens is 2. The third-order valence-electron chi connectivity index (χ3n) is 2.71. The lowest BCUT2D eigenvalue weighted by molar-refractivity contribution is 0.310. The predicted octanol–water partition coefficient (Wildman–Crippen LogP) is 2.73. The fraction of sp³-hybridized carbons (Fsp3) is 0.250. The first-order chi connectivity index (χ1) is 9.38. The highest BCUT2D eigenvalue weighted by Crippen LogP contribution is 2.30. The van der Waals surface area contributed by atoms with Crippen molar-refractivity contribution in [3.8, 4) is 5.75 Å². The molecule has 2 aromatic rings. The van der Waals surface area contributed by atoms with Gasteiger partial charge in [-0.3, -0.25) is 4.68 Å². The van der Waals surface area contributed by atoms with Crippen molar-refractivity contribution in [1.29, 1.82) is 0 Å². The monoisotopic (exact) mass is 378 g/mol. The van der Waals surface area contributed by atoms with Gasteiger partial charge in [-0.25, -0.2) is 8.42 Å². The van der Waals surface area contributed by atoms with Crippen molar-refractivity contribution in [1.82, 2.24) is 9.78 Å². The summed E-state index contributed by atoms with van der Waals surface area (Å²) in [6.07, 6.45) is 2.32. The minimum absolute atomic E-state index is 0.0430. The molecule has 108 valence electrons. The number of rotatable bonds is 5. The molecule has 0 atom stereocenters.